The molecule has 0 spiro atoms. The maximum Gasteiger partial charge on any atom is 0.251 e. The normalized spacial score (nSPS) is 20.9. The molecule has 1 heterocycles. The molecular weight excluding hydrogens is 472 g/mol. The fourth-order valence-electron chi connectivity index (χ4n) is 5.46. The van der Waals surface area contributed by atoms with Crippen molar-refractivity contribution >= 4 is 34.3 Å². The van der Waals surface area contributed by atoms with Crippen LogP contribution in [-0.2, 0) is 5.41 Å². The van der Waals surface area contributed by atoms with E-state index in [1.165, 1.54) is 18.4 Å². The highest BCUT2D eigenvalue weighted by Gasteiger charge is 2.43. The Morgan fingerprint density at radius 2 is 1.58 bits per heavy atom. The Morgan fingerprint density at radius 1 is 0.972 bits per heavy atom. The van der Waals surface area contributed by atoms with Crippen molar-refractivity contribution in [1.29, 1.82) is 0 Å². The number of hydrogen-bond acceptors (Lipinski definition) is 3. The van der Waals surface area contributed by atoms with E-state index in [1.54, 1.807) is 12.3 Å². The second-order valence-corrected chi connectivity index (χ2v) is 11.2. The van der Waals surface area contributed by atoms with Gasteiger partial charge in [-0.2, -0.15) is 0 Å². The SMILES string of the molecule is CN(C)CCC1(c2ccc(C(=O)NC3CCCCC3NC(=O)c3ccc4c(Cl)c[nH]c4c3)cc2)CC1. The van der Waals surface area contributed by atoms with Gasteiger partial charge in [0, 0.05) is 40.3 Å². The van der Waals surface area contributed by atoms with E-state index in [9.17, 15) is 9.59 Å². The molecule has 2 fully saturated rings. The number of fused-ring (bicyclic) bond motifs is 1. The molecule has 2 atom stereocenters. The van der Waals surface area contributed by atoms with Crippen LogP contribution in [0.3, 0.4) is 0 Å². The van der Waals surface area contributed by atoms with Crippen molar-refractivity contribution in [2.45, 2.75) is 62.4 Å². The second-order valence-electron chi connectivity index (χ2n) is 10.8. The van der Waals surface area contributed by atoms with Gasteiger partial charge in [-0.3, -0.25) is 9.59 Å². The quantitative estimate of drug-likeness (QED) is 0.389. The minimum atomic E-state index is -0.134. The lowest BCUT2D eigenvalue weighted by Gasteiger charge is -2.33. The van der Waals surface area contributed by atoms with Crippen LogP contribution in [-0.4, -0.2) is 54.4 Å². The molecule has 2 aliphatic rings. The number of H-pyrrole nitrogens is 1. The molecule has 0 aliphatic heterocycles. The van der Waals surface area contributed by atoms with E-state index in [1.807, 2.05) is 24.3 Å². The summed E-state index contributed by atoms with van der Waals surface area (Å²) in [5, 5.41) is 7.91. The third-order valence-corrected chi connectivity index (χ3v) is 8.26. The number of carbonyl (C=O) groups is 2. The van der Waals surface area contributed by atoms with Gasteiger partial charge in [0.2, 0.25) is 0 Å². The summed E-state index contributed by atoms with van der Waals surface area (Å²) < 4.78 is 0. The summed E-state index contributed by atoms with van der Waals surface area (Å²) in [5.74, 6) is -0.209. The molecule has 0 saturated heterocycles. The summed E-state index contributed by atoms with van der Waals surface area (Å²) in [6.07, 6.45) is 9.10. The van der Waals surface area contributed by atoms with Crippen molar-refractivity contribution in [3.8, 4) is 0 Å². The Morgan fingerprint density at radius 3 is 2.19 bits per heavy atom. The molecule has 2 amide bonds. The molecule has 5 rings (SSSR count). The predicted octanol–water partition coefficient (Wildman–Crippen LogP) is 5.28. The van der Waals surface area contributed by atoms with Crippen LogP contribution < -0.4 is 10.6 Å². The standard InChI is InChI=1S/C29H35ClN4O2/c1-34(2)16-15-29(13-14-29)21-10-7-19(8-11-21)27(35)32-24-5-3-4-6-25(24)33-28(36)20-9-12-22-23(30)18-31-26(22)17-20/h7-12,17-18,24-25,31H,3-6,13-16H2,1-2H3,(H,32,35)(H,33,36). The molecule has 3 N–H and O–H groups in total. The molecule has 36 heavy (non-hydrogen) atoms. The summed E-state index contributed by atoms with van der Waals surface area (Å²) in [6.45, 7) is 1.07. The van der Waals surface area contributed by atoms with E-state index in [4.69, 9.17) is 11.6 Å². The van der Waals surface area contributed by atoms with Gasteiger partial charge in [-0.15, -0.1) is 0 Å². The zero-order valence-electron chi connectivity index (χ0n) is 21.1. The van der Waals surface area contributed by atoms with Crippen molar-refractivity contribution in [3.05, 3.63) is 70.4 Å². The van der Waals surface area contributed by atoms with Crippen LogP contribution in [0.2, 0.25) is 5.02 Å². The molecule has 0 radical (unpaired) electrons. The number of benzene rings is 2. The van der Waals surface area contributed by atoms with Gasteiger partial charge >= 0.3 is 0 Å². The smallest absolute Gasteiger partial charge is 0.251 e. The molecule has 2 aromatic carbocycles. The van der Waals surface area contributed by atoms with Gasteiger partial charge in [-0.05, 0) is 88.0 Å². The number of hydrogen-bond donors (Lipinski definition) is 3. The summed E-state index contributed by atoms with van der Waals surface area (Å²) in [5.41, 5.74) is 3.71. The highest BCUT2D eigenvalue weighted by molar-refractivity contribution is 6.35. The van der Waals surface area contributed by atoms with Gasteiger partial charge in [-0.25, -0.2) is 0 Å². The molecular formula is C29H35ClN4O2. The Hall–Kier alpha value is -2.83. The first kappa shape index (κ1) is 24.8. The molecule has 0 bridgehead atoms. The number of nitrogens with zero attached hydrogens (tertiary/aromatic N) is 1. The van der Waals surface area contributed by atoms with E-state index in [-0.39, 0.29) is 29.3 Å². The average molecular weight is 507 g/mol. The van der Waals surface area contributed by atoms with Gasteiger partial charge in [0.25, 0.3) is 11.8 Å². The molecule has 1 aromatic heterocycles. The van der Waals surface area contributed by atoms with Crippen molar-refractivity contribution in [3.63, 3.8) is 0 Å². The largest absolute Gasteiger partial charge is 0.360 e. The maximum absolute atomic E-state index is 13.1. The summed E-state index contributed by atoms with van der Waals surface area (Å²) in [7, 11) is 4.22. The van der Waals surface area contributed by atoms with Crippen LogP contribution in [0.5, 0.6) is 0 Å². The summed E-state index contributed by atoms with van der Waals surface area (Å²) in [6, 6.07) is 13.4. The lowest BCUT2D eigenvalue weighted by Crippen LogP contribution is -2.53. The molecule has 2 aliphatic carbocycles. The Balaban J connectivity index is 1.22. The third-order valence-electron chi connectivity index (χ3n) is 7.94. The Kier molecular flexibility index (Phi) is 7.09. The molecule has 190 valence electrons. The lowest BCUT2D eigenvalue weighted by molar-refractivity contribution is 0.0863. The van der Waals surface area contributed by atoms with Crippen LogP contribution in [0.15, 0.2) is 48.7 Å². The number of aromatic amines is 1. The molecule has 6 nitrogen and oxygen atoms in total. The molecule has 2 saturated carbocycles. The summed E-state index contributed by atoms with van der Waals surface area (Å²) >= 11 is 6.16. The van der Waals surface area contributed by atoms with Gasteiger partial charge in [0.15, 0.2) is 0 Å². The zero-order valence-corrected chi connectivity index (χ0v) is 21.8. The minimum absolute atomic E-state index is 0.0757. The van der Waals surface area contributed by atoms with Crippen molar-refractivity contribution < 1.29 is 9.59 Å². The second kappa shape index (κ2) is 10.3. The molecule has 3 aromatic rings. The number of amides is 2. The van der Waals surface area contributed by atoms with E-state index in [2.05, 4.69) is 46.7 Å². The van der Waals surface area contributed by atoms with Gasteiger partial charge in [0.1, 0.15) is 0 Å². The van der Waals surface area contributed by atoms with E-state index < -0.39 is 0 Å². The Bertz CT molecular complexity index is 1250. The fourth-order valence-corrected chi connectivity index (χ4v) is 5.68. The maximum atomic E-state index is 13.1. The fraction of sp³-hybridized carbons (Fsp3) is 0.448. The van der Waals surface area contributed by atoms with Gasteiger partial charge < -0.3 is 20.5 Å². The van der Waals surface area contributed by atoms with E-state index >= 15 is 0 Å². The minimum Gasteiger partial charge on any atom is -0.360 e. The average Bonchev–Trinajstić information content (AvgIpc) is 3.59. The topological polar surface area (TPSA) is 77.2 Å². The van der Waals surface area contributed by atoms with Crippen molar-refractivity contribution in [1.82, 2.24) is 20.5 Å². The zero-order chi connectivity index (χ0) is 25.3. The van der Waals surface area contributed by atoms with Crippen molar-refractivity contribution in [2.24, 2.45) is 0 Å². The highest BCUT2D eigenvalue weighted by Crippen LogP contribution is 2.51. The molecule has 7 heteroatoms. The number of carbonyl (C=O) groups excluding carboxylic acids is 2. The predicted molar refractivity (Wildman–Crippen MR) is 145 cm³/mol. The first-order chi connectivity index (χ1) is 17.3. The number of halogens is 1. The molecule has 2 unspecified atom stereocenters. The van der Waals surface area contributed by atoms with Crippen LogP contribution in [0.1, 0.15) is 71.2 Å². The van der Waals surface area contributed by atoms with Crippen molar-refractivity contribution in [2.75, 3.05) is 20.6 Å². The van der Waals surface area contributed by atoms with Crippen LogP contribution in [0, 0.1) is 0 Å². The number of nitrogens with one attached hydrogen (secondary N) is 3. The Labute approximate surface area is 217 Å². The highest BCUT2D eigenvalue weighted by atomic mass is 35.5. The third kappa shape index (κ3) is 5.30. The van der Waals surface area contributed by atoms with Gasteiger partial charge in [0.05, 0.1) is 5.02 Å². The van der Waals surface area contributed by atoms with E-state index in [0.29, 0.717) is 16.1 Å². The summed E-state index contributed by atoms with van der Waals surface area (Å²) in [4.78, 5) is 31.5. The van der Waals surface area contributed by atoms with Crippen LogP contribution >= 0.6 is 11.6 Å². The number of rotatable bonds is 8. The van der Waals surface area contributed by atoms with E-state index in [0.717, 1.165) is 49.6 Å². The van der Waals surface area contributed by atoms with Crippen LogP contribution in [0.4, 0.5) is 0 Å². The lowest BCUT2D eigenvalue weighted by atomic mass is 9.89. The van der Waals surface area contributed by atoms with Crippen LogP contribution in [0.25, 0.3) is 10.9 Å². The monoisotopic (exact) mass is 506 g/mol. The first-order valence-electron chi connectivity index (χ1n) is 13.0. The number of aromatic nitrogens is 1. The van der Waals surface area contributed by atoms with Gasteiger partial charge in [-0.1, -0.05) is 42.6 Å². The first-order valence-corrected chi connectivity index (χ1v) is 13.4.